The van der Waals surface area contributed by atoms with Crippen LogP contribution in [-0.2, 0) is 0 Å². The second kappa shape index (κ2) is 6.14. The standard InChI is InChI=1S/C11H8Br2N4O3/c1-14-9-4-10(16-5-15-9)20-11-7(12)2-6(17(18)19)3-8(11)13/h2-5H,1H3,(H,14,15,16). The number of aromatic nitrogens is 2. The molecule has 0 saturated heterocycles. The Balaban J connectivity index is 2.36. The summed E-state index contributed by atoms with van der Waals surface area (Å²) in [5.41, 5.74) is -0.0466. The van der Waals surface area contributed by atoms with E-state index in [-0.39, 0.29) is 5.69 Å². The highest BCUT2D eigenvalue weighted by molar-refractivity contribution is 9.11. The lowest BCUT2D eigenvalue weighted by Gasteiger charge is -2.09. The van der Waals surface area contributed by atoms with Crippen LogP contribution in [0.5, 0.6) is 11.6 Å². The fourth-order valence-corrected chi connectivity index (χ4v) is 2.71. The molecule has 7 nitrogen and oxygen atoms in total. The molecule has 0 fully saturated rings. The van der Waals surface area contributed by atoms with E-state index in [2.05, 4.69) is 47.1 Å². The van der Waals surface area contributed by atoms with Gasteiger partial charge in [-0.3, -0.25) is 10.1 Å². The number of nitro groups is 1. The highest BCUT2D eigenvalue weighted by Crippen LogP contribution is 2.39. The van der Waals surface area contributed by atoms with Crippen LogP contribution in [0.3, 0.4) is 0 Å². The Kier molecular flexibility index (Phi) is 4.50. The third kappa shape index (κ3) is 3.23. The molecule has 0 atom stereocenters. The molecular weight excluding hydrogens is 396 g/mol. The van der Waals surface area contributed by atoms with Gasteiger partial charge in [-0.1, -0.05) is 0 Å². The maximum atomic E-state index is 10.8. The molecule has 0 spiro atoms. The summed E-state index contributed by atoms with van der Waals surface area (Å²) in [6.07, 6.45) is 1.36. The monoisotopic (exact) mass is 402 g/mol. The van der Waals surface area contributed by atoms with Crippen molar-refractivity contribution in [3.05, 3.63) is 43.6 Å². The Bertz CT molecular complexity index is 643. The van der Waals surface area contributed by atoms with Crippen LogP contribution in [0.4, 0.5) is 11.5 Å². The van der Waals surface area contributed by atoms with Crippen LogP contribution in [0, 0.1) is 10.1 Å². The predicted molar refractivity (Wildman–Crippen MR) is 80.1 cm³/mol. The predicted octanol–water partition coefficient (Wildman–Crippen LogP) is 3.74. The minimum atomic E-state index is -0.483. The number of nitrogens with zero attached hydrogens (tertiary/aromatic N) is 3. The van der Waals surface area contributed by atoms with Gasteiger partial charge in [-0.25, -0.2) is 9.97 Å². The largest absolute Gasteiger partial charge is 0.436 e. The van der Waals surface area contributed by atoms with Gasteiger partial charge >= 0.3 is 0 Å². The molecule has 104 valence electrons. The van der Waals surface area contributed by atoms with E-state index in [0.29, 0.717) is 26.4 Å². The highest BCUT2D eigenvalue weighted by Gasteiger charge is 2.16. The molecule has 1 N–H and O–H groups in total. The number of halogens is 2. The molecule has 0 aliphatic heterocycles. The summed E-state index contributed by atoms with van der Waals surface area (Å²) in [5, 5.41) is 13.6. The van der Waals surface area contributed by atoms with Crippen molar-refractivity contribution in [2.75, 3.05) is 12.4 Å². The molecule has 1 heterocycles. The number of nitrogens with one attached hydrogen (secondary N) is 1. The van der Waals surface area contributed by atoms with E-state index in [1.165, 1.54) is 18.5 Å². The zero-order valence-corrected chi connectivity index (χ0v) is 13.3. The number of ether oxygens (including phenoxy) is 1. The Hall–Kier alpha value is -1.74. The van der Waals surface area contributed by atoms with E-state index < -0.39 is 4.92 Å². The van der Waals surface area contributed by atoms with Crippen molar-refractivity contribution >= 4 is 43.4 Å². The van der Waals surface area contributed by atoms with E-state index in [9.17, 15) is 10.1 Å². The van der Waals surface area contributed by atoms with Gasteiger partial charge in [-0.15, -0.1) is 0 Å². The molecule has 0 saturated carbocycles. The van der Waals surface area contributed by atoms with E-state index in [4.69, 9.17) is 4.74 Å². The smallest absolute Gasteiger partial charge is 0.271 e. The summed E-state index contributed by atoms with van der Waals surface area (Å²) >= 11 is 6.48. The SMILES string of the molecule is CNc1cc(Oc2c(Br)cc([N+](=O)[O-])cc2Br)ncn1. The second-order valence-corrected chi connectivity index (χ2v) is 5.30. The number of nitro benzene ring substituents is 1. The van der Waals surface area contributed by atoms with Gasteiger partial charge in [0.05, 0.1) is 13.9 Å². The average molecular weight is 404 g/mol. The summed E-state index contributed by atoms with van der Waals surface area (Å²) in [6, 6.07) is 4.33. The molecule has 0 amide bonds. The number of hydrogen-bond acceptors (Lipinski definition) is 6. The van der Waals surface area contributed by atoms with Crippen LogP contribution < -0.4 is 10.1 Å². The van der Waals surface area contributed by atoms with Crippen molar-refractivity contribution in [3.63, 3.8) is 0 Å². The lowest BCUT2D eigenvalue weighted by molar-refractivity contribution is -0.385. The first kappa shape index (κ1) is 14.7. The third-order valence-electron chi connectivity index (χ3n) is 2.30. The van der Waals surface area contributed by atoms with Gasteiger partial charge in [-0.05, 0) is 31.9 Å². The highest BCUT2D eigenvalue weighted by atomic mass is 79.9. The van der Waals surface area contributed by atoms with Crippen LogP contribution in [0.1, 0.15) is 0 Å². The van der Waals surface area contributed by atoms with Crippen LogP contribution in [0.15, 0.2) is 33.5 Å². The molecule has 0 bridgehead atoms. The first-order valence-electron chi connectivity index (χ1n) is 5.32. The summed E-state index contributed by atoms with van der Waals surface area (Å²) in [4.78, 5) is 18.2. The van der Waals surface area contributed by atoms with Gasteiger partial charge in [-0.2, -0.15) is 0 Å². The molecule has 0 aliphatic carbocycles. The van der Waals surface area contributed by atoms with Crippen molar-refractivity contribution in [3.8, 4) is 11.6 Å². The molecule has 2 rings (SSSR count). The lowest BCUT2D eigenvalue weighted by atomic mass is 10.3. The fourth-order valence-electron chi connectivity index (χ4n) is 1.39. The van der Waals surface area contributed by atoms with E-state index in [1.807, 2.05) is 0 Å². The van der Waals surface area contributed by atoms with Crippen LogP contribution >= 0.6 is 31.9 Å². The molecule has 1 aromatic carbocycles. The van der Waals surface area contributed by atoms with E-state index in [1.54, 1.807) is 13.1 Å². The first-order valence-corrected chi connectivity index (χ1v) is 6.91. The Morgan fingerprint density at radius 1 is 1.25 bits per heavy atom. The topological polar surface area (TPSA) is 90.2 Å². The molecule has 9 heteroatoms. The van der Waals surface area contributed by atoms with Gasteiger partial charge in [0.15, 0.2) is 5.75 Å². The molecule has 1 aromatic heterocycles. The van der Waals surface area contributed by atoms with Gasteiger partial charge in [0.25, 0.3) is 5.69 Å². The minimum absolute atomic E-state index is 0.0466. The summed E-state index contributed by atoms with van der Waals surface area (Å²) in [6.45, 7) is 0. The number of anilines is 1. The van der Waals surface area contributed by atoms with Crippen LogP contribution in [0.2, 0.25) is 0 Å². The molecule has 0 aliphatic rings. The maximum absolute atomic E-state index is 10.8. The fraction of sp³-hybridized carbons (Fsp3) is 0.0909. The maximum Gasteiger partial charge on any atom is 0.271 e. The van der Waals surface area contributed by atoms with Gasteiger partial charge in [0.1, 0.15) is 12.1 Å². The Labute approximate surface area is 130 Å². The summed E-state index contributed by atoms with van der Waals surface area (Å²) < 4.78 is 6.50. The molecule has 0 unspecified atom stereocenters. The van der Waals surface area contributed by atoms with Gasteiger partial charge in [0.2, 0.25) is 5.88 Å². The zero-order valence-electron chi connectivity index (χ0n) is 10.1. The second-order valence-electron chi connectivity index (χ2n) is 3.59. The number of hydrogen-bond donors (Lipinski definition) is 1. The third-order valence-corrected chi connectivity index (χ3v) is 3.48. The van der Waals surface area contributed by atoms with Crippen molar-refractivity contribution in [1.29, 1.82) is 0 Å². The van der Waals surface area contributed by atoms with Crippen LogP contribution in [0.25, 0.3) is 0 Å². The number of non-ortho nitro benzene ring substituents is 1. The molecule has 2 aromatic rings. The number of benzene rings is 1. The van der Waals surface area contributed by atoms with Crippen LogP contribution in [-0.4, -0.2) is 21.9 Å². The van der Waals surface area contributed by atoms with Crippen molar-refractivity contribution in [2.45, 2.75) is 0 Å². The van der Waals surface area contributed by atoms with E-state index in [0.717, 1.165) is 0 Å². The number of rotatable bonds is 4. The minimum Gasteiger partial charge on any atom is -0.436 e. The zero-order chi connectivity index (χ0) is 14.7. The average Bonchev–Trinajstić information content (AvgIpc) is 2.42. The van der Waals surface area contributed by atoms with Gasteiger partial charge in [0, 0.05) is 25.2 Å². The Morgan fingerprint density at radius 3 is 2.45 bits per heavy atom. The molecule has 20 heavy (non-hydrogen) atoms. The van der Waals surface area contributed by atoms with Crippen molar-refractivity contribution in [1.82, 2.24) is 9.97 Å². The molecular formula is C11H8Br2N4O3. The summed E-state index contributed by atoms with van der Waals surface area (Å²) in [5.74, 6) is 1.32. The molecule has 0 radical (unpaired) electrons. The summed E-state index contributed by atoms with van der Waals surface area (Å²) in [7, 11) is 1.73. The van der Waals surface area contributed by atoms with Gasteiger partial charge < -0.3 is 10.1 Å². The quantitative estimate of drug-likeness (QED) is 0.617. The van der Waals surface area contributed by atoms with Crippen molar-refractivity contribution < 1.29 is 9.66 Å². The Morgan fingerprint density at radius 2 is 1.90 bits per heavy atom. The first-order chi connectivity index (χ1) is 9.51. The normalized spacial score (nSPS) is 10.2. The van der Waals surface area contributed by atoms with Crippen molar-refractivity contribution in [2.24, 2.45) is 0 Å². The van der Waals surface area contributed by atoms with E-state index >= 15 is 0 Å². The lowest BCUT2D eigenvalue weighted by Crippen LogP contribution is -1.96.